The van der Waals surface area contributed by atoms with Crippen LogP contribution in [0.25, 0.3) is 0 Å². The van der Waals surface area contributed by atoms with Crippen LogP contribution in [-0.4, -0.2) is 36.6 Å². The Labute approximate surface area is 118 Å². The van der Waals surface area contributed by atoms with Gasteiger partial charge in [-0.1, -0.05) is 6.07 Å². The van der Waals surface area contributed by atoms with Crippen LogP contribution in [0.3, 0.4) is 0 Å². The number of amides is 1. The minimum absolute atomic E-state index is 0.263. The van der Waals surface area contributed by atoms with Gasteiger partial charge in [-0.15, -0.1) is 0 Å². The maximum atomic E-state index is 13.4. The number of ether oxygens (including phenoxy) is 1. The SMILES string of the molecule is COCC1(C(N)=O)CCCN1Cc1cc(F)ccc1C. The van der Waals surface area contributed by atoms with E-state index >= 15 is 0 Å². The van der Waals surface area contributed by atoms with Gasteiger partial charge in [0, 0.05) is 13.7 Å². The van der Waals surface area contributed by atoms with E-state index in [2.05, 4.69) is 0 Å². The molecule has 0 aliphatic carbocycles. The van der Waals surface area contributed by atoms with Gasteiger partial charge >= 0.3 is 0 Å². The van der Waals surface area contributed by atoms with Crippen molar-refractivity contribution in [1.82, 2.24) is 4.90 Å². The molecule has 110 valence electrons. The maximum absolute atomic E-state index is 13.4. The number of carbonyl (C=O) groups is 1. The molecular formula is C15H21FN2O2. The highest BCUT2D eigenvalue weighted by Crippen LogP contribution is 2.31. The number of benzene rings is 1. The van der Waals surface area contributed by atoms with E-state index in [-0.39, 0.29) is 18.3 Å². The van der Waals surface area contributed by atoms with Gasteiger partial charge in [0.25, 0.3) is 0 Å². The monoisotopic (exact) mass is 280 g/mol. The van der Waals surface area contributed by atoms with Gasteiger partial charge in [-0.3, -0.25) is 9.69 Å². The van der Waals surface area contributed by atoms with Crippen LogP contribution in [0.2, 0.25) is 0 Å². The van der Waals surface area contributed by atoms with Crippen molar-refractivity contribution in [3.05, 3.63) is 35.1 Å². The van der Waals surface area contributed by atoms with E-state index in [0.717, 1.165) is 24.1 Å². The molecular weight excluding hydrogens is 259 g/mol. The molecule has 0 aromatic heterocycles. The summed E-state index contributed by atoms with van der Waals surface area (Å²) in [6.45, 7) is 3.49. The van der Waals surface area contributed by atoms with Crippen molar-refractivity contribution in [1.29, 1.82) is 0 Å². The Morgan fingerprint density at radius 2 is 2.30 bits per heavy atom. The number of hydrogen-bond acceptors (Lipinski definition) is 3. The molecule has 1 saturated heterocycles. The van der Waals surface area contributed by atoms with E-state index in [1.165, 1.54) is 12.1 Å². The Bertz CT molecular complexity index is 507. The standard InChI is InChI=1S/C15H21FN2O2/c1-11-4-5-13(16)8-12(11)9-18-7-3-6-15(18,10-20-2)14(17)19/h4-5,8H,3,6-7,9-10H2,1-2H3,(H2,17,19). The number of methoxy groups -OCH3 is 1. The molecule has 1 aromatic rings. The number of nitrogens with two attached hydrogens (primary N) is 1. The number of halogens is 1. The molecule has 2 N–H and O–H groups in total. The van der Waals surface area contributed by atoms with Crippen LogP contribution in [0.15, 0.2) is 18.2 Å². The first-order chi connectivity index (χ1) is 9.49. The second-order valence-electron chi connectivity index (χ2n) is 5.42. The quantitative estimate of drug-likeness (QED) is 0.891. The predicted octanol–water partition coefficient (Wildman–Crippen LogP) is 1.60. The largest absolute Gasteiger partial charge is 0.382 e. The van der Waals surface area contributed by atoms with Crippen LogP contribution in [0.1, 0.15) is 24.0 Å². The molecule has 0 bridgehead atoms. The molecule has 1 unspecified atom stereocenters. The molecule has 20 heavy (non-hydrogen) atoms. The van der Waals surface area contributed by atoms with Crippen LogP contribution in [0.5, 0.6) is 0 Å². The highest BCUT2D eigenvalue weighted by atomic mass is 19.1. The molecule has 0 spiro atoms. The van der Waals surface area contributed by atoms with Crippen LogP contribution in [-0.2, 0) is 16.1 Å². The van der Waals surface area contributed by atoms with Gasteiger partial charge in [0.2, 0.25) is 5.91 Å². The zero-order chi connectivity index (χ0) is 14.8. The molecule has 1 aromatic carbocycles. The van der Waals surface area contributed by atoms with Gasteiger partial charge in [0.1, 0.15) is 11.4 Å². The van der Waals surface area contributed by atoms with Crippen molar-refractivity contribution in [3.8, 4) is 0 Å². The molecule has 1 atom stereocenters. The molecule has 0 radical (unpaired) electrons. The summed E-state index contributed by atoms with van der Waals surface area (Å²) in [4.78, 5) is 13.9. The van der Waals surface area contributed by atoms with Crippen molar-refractivity contribution >= 4 is 5.91 Å². The summed E-state index contributed by atoms with van der Waals surface area (Å²) in [5.74, 6) is -0.632. The van der Waals surface area contributed by atoms with E-state index in [0.29, 0.717) is 13.0 Å². The maximum Gasteiger partial charge on any atom is 0.240 e. The zero-order valence-corrected chi connectivity index (χ0v) is 12.0. The number of likely N-dealkylation sites (tertiary alicyclic amines) is 1. The van der Waals surface area contributed by atoms with E-state index in [1.54, 1.807) is 13.2 Å². The second-order valence-corrected chi connectivity index (χ2v) is 5.42. The normalized spacial score (nSPS) is 23.1. The molecule has 1 heterocycles. The van der Waals surface area contributed by atoms with Gasteiger partial charge in [0.05, 0.1) is 6.61 Å². The Morgan fingerprint density at radius 1 is 1.55 bits per heavy atom. The molecule has 2 rings (SSSR count). The van der Waals surface area contributed by atoms with Crippen molar-refractivity contribution in [3.63, 3.8) is 0 Å². The second kappa shape index (κ2) is 5.89. The molecule has 1 aliphatic rings. The Morgan fingerprint density at radius 3 is 2.95 bits per heavy atom. The third-order valence-electron chi connectivity index (χ3n) is 4.14. The van der Waals surface area contributed by atoms with Crippen molar-refractivity contribution in [2.45, 2.75) is 31.8 Å². The summed E-state index contributed by atoms with van der Waals surface area (Å²) in [5, 5.41) is 0. The Balaban J connectivity index is 2.26. The minimum atomic E-state index is -0.770. The highest BCUT2D eigenvalue weighted by Gasteiger charge is 2.46. The highest BCUT2D eigenvalue weighted by molar-refractivity contribution is 5.85. The fraction of sp³-hybridized carbons (Fsp3) is 0.533. The first kappa shape index (κ1) is 14.9. The summed E-state index contributed by atoms with van der Waals surface area (Å²) in [7, 11) is 1.56. The summed E-state index contributed by atoms with van der Waals surface area (Å²) in [6, 6.07) is 4.72. The fourth-order valence-electron chi connectivity index (χ4n) is 2.93. The third kappa shape index (κ3) is 2.69. The van der Waals surface area contributed by atoms with Crippen LogP contribution < -0.4 is 5.73 Å². The van der Waals surface area contributed by atoms with Crippen molar-refractivity contribution < 1.29 is 13.9 Å². The van der Waals surface area contributed by atoms with Crippen LogP contribution in [0.4, 0.5) is 4.39 Å². The smallest absolute Gasteiger partial charge is 0.240 e. The van der Waals surface area contributed by atoms with Gasteiger partial charge < -0.3 is 10.5 Å². The first-order valence-electron chi connectivity index (χ1n) is 6.78. The molecule has 5 heteroatoms. The summed E-state index contributed by atoms with van der Waals surface area (Å²) in [5.41, 5.74) is 6.72. The number of rotatable bonds is 5. The summed E-state index contributed by atoms with van der Waals surface area (Å²) >= 11 is 0. The van der Waals surface area contributed by atoms with E-state index < -0.39 is 5.54 Å². The zero-order valence-electron chi connectivity index (χ0n) is 12.0. The fourth-order valence-corrected chi connectivity index (χ4v) is 2.93. The van der Waals surface area contributed by atoms with E-state index in [9.17, 15) is 9.18 Å². The van der Waals surface area contributed by atoms with Gasteiger partial charge in [-0.05, 0) is 49.6 Å². The lowest BCUT2D eigenvalue weighted by Gasteiger charge is -2.35. The Kier molecular flexibility index (Phi) is 4.40. The van der Waals surface area contributed by atoms with Crippen LogP contribution in [0, 0.1) is 12.7 Å². The lowest BCUT2D eigenvalue weighted by molar-refractivity contribution is -0.132. The lowest BCUT2D eigenvalue weighted by Crippen LogP contribution is -2.56. The predicted molar refractivity (Wildman–Crippen MR) is 74.6 cm³/mol. The minimum Gasteiger partial charge on any atom is -0.382 e. The third-order valence-corrected chi connectivity index (χ3v) is 4.14. The molecule has 0 saturated carbocycles. The lowest BCUT2D eigenvalue weighted by atomic mass is 9.95. The number of primary amides is 1. The number of hydrogen-bond donors (Lipinski definition) is 1. The van der Waals surface area contributed by atoms with Crippen molar-refractivity contribution in [2.24, 2.45) is 5.73 Å². The topological polar surface area (TPSA) is 55.6 Å². The molecule has 1 amide bonds. The van der Waals surface area contributed by atoms with Crippen molar-refractivity contribution in [2.75, 3.05) is 20.3 Å². The van der Waals surface area contributed by atoms with Gasteiger partial charge in [0.15, 0.2) is 0 Å². The van der Waals surface area contributed by atoms with Crippen LogP contribution >= 0.6 is 0 Å². The average Bonchev–Trinajstić information content (AvgIpc) is 2.79. The Hall–Kier alpha value is -1.46. The van der Waals surface area contributed by atoms with E-state index in [4.69, 9.17) is 10.5 Å². The number of nitrogens with zero attached hydrogens (tertiary/aromatic N) is 1. The van der Waals surface area contributed by atoms with E-state index in [1.807, 2.05) is 11.8 Å². The summed E-state index contributed by atoms with van der Waals surface area (Å²) in [6.07, 6.45) is 1.57. The molecule has 4 nitrogen and oxygen atoms in total. The average molecular weight is 280 g/mol. The summed E-state index contributed by atoms with van der Waals surface area (Å²) < 4.78 is 18.6. The first-order valence-corrected chi connectivity index (χ1v) is 6.78. The molecule has 1 aliphatic heterocycles. The number of aryl methyl sites for hydroxylation is 1. The van der Waals surface area contributed by atoms with Gasteiger partial charge in [-0.2, -0.15) is 0 Å². The molecule has 1 fully saturated rings. The number of carbonyl (C=O) groups excluding carboxylic acids is 1. The van der Waals surface area contributed by atoms with Gasteiger partial charge in [-0.25, -0.2) is 4.39 Å².